The Morgan fingerprint density at radius 2 is 1.82 bits per heavy atom. The highest BCUT2D eigenvalue weighted by Crippen LogP contribution is 2.40. The fraction of sp³-hybridized carbons (Fsp3) is 0.476. The molecule has 0 atom stereocenters. The van der Waals surface area contributed by atoms with Crippen LogP contribution < -0.4 is 10.6 Å². The number of anilines is 1. The van der Waals surface area contributed by atoms with E-state index in [1.165, 1.54) is 0 Å². The fourth-order valence-electron chi connectivity index (χ4n) is 3.11. The largest absolute Gasteiger partial charge is 0.349 e. The van der Waals surface area contributed by atoms with Crippen molar-refractivity contribution in [3.05, 3.63) is 46.2 Å². The quantitative estimate of drug-likeness (QED) is 0.784. The van der Waals surface area contributed by atoms with E-state index < -0.39 is 0 Å². The molecule has 6 nitrogen and oxygen atoms in total. The minimum absolute atomic E-state index is 0.176. The standard InChI is InChI=1S/C21H25ClN4O2/c1-21(2,3)26-18(11-17(25-26)12-4-5-12)20(28)24-14-8-9-15(16(22)10-14)19(27)23-13-6-7-13/h8-13H,4-7H2,1-3H3,(H,23,27)(H,24,28). The molecule has 0 aliphatic heterocycles. The van der Waals surface area contributed by atoms with Crippen molar-refractivity contribution in [1.82, 2.24) is 15.1 Å². The van der Waals surface area contributed by atoms with Crippen LogP contribution in [0.2, 0.25) is 5.02 Å². The van der Waals surface area contributed by atoms with Gasteiger partial charge in [0, 0.05) is 17.6 Å². The van der Waals surface area contributed by atoms with Gasteiger partial charge in [-0.2, -0.15) is 5.10 Å². The first-order valence-corrected chi connectivity index (χ1v) is 10.1. The summed E-state index contributed by atoms with van der Waals surface area (Å²) in [5, 5.41) is 10.8. The van der Waals surface area contributed by atoms with Gasteiger partial charge in [-0.05, 0) is 70.7 Å². The Morgan fingerprint density at radius 3 is 2.39 bits per heavy atom. The zero-order valence-corrected chi connectivity index (χ0v) is 17.1. The number of aromatic nitrogens is 2. The number of nitrogens with zero attached hydrogens (tertiary/aromatic N) is 2. The molecule has 2 saturated carbocycles. The molecule has 2 aliphatic carbocycles. The van der Waals surface area contributed by atoms with Crippen molar-refractivity contribution in [1.29, 1.82) is 0 Å². The maximum Gasteiger partial charge on any atom is 0.273 e. The number of carbonyl (C=O) groups excluding carboxylic acids is 2. The third kappa shape index (κ3) is 4.07. The van der Waals surface area contributed by atoms with Crippen molar-refractivity contribution in [2.45, 2.75) is 64.0 Å². The molecule has 0 saturated heterocycles. The van der Waals surface area contributed by atoms with Gasteiger partial charge in [-0.15, -0.1) is 0 Å². The molecular formula is C21H25ClN4O2. The Balaban J connectivity index is 1.53. The minimum atomic E-state index is -0.303. The lowest BCUT2D eigenvalue weighted by Crippen LogP contribution is -2.29. The Hall–Kier alpha value is -2.34. The summed E-state index contributed by atoms with van der Waals surface area (Å²) in [6.45, 7) is 6.08. The van der Waals surface area contributed by atoms with Crippen LogP contribution in [-0.4, -0.2) is 27.6 Å². The topological polar surface area (TPSA) is 76.0 Å². The first-order valence-electron chi connectivity index (χ1n) is 9.74. The average molecular weight is 401 g/mol. The molecule has 1 aromatic heterocycles. The molecule has 0 spiro atoms. The van der Waals surface area contributed by atoms with E-state index in [9.17, 15) is 9.59 Å². The minimum Gasteiger partial charge on any atom is -0.349 e. The second-order valence-corrected chi connectivity index (χ2v) is 9.12. The Morgan fingerprint density at radius 1 is 1.11 bits per heavy atom. The number of hydrogen-bond acceptors (Lipinski definition) is 3. The summed E-state index contributed by atoms with van der Waals surface area (Å²) in [7, 11) is 0. The van der Waals surface area contributed by atoms with E-state index in [1.54, 1.807) is 22.9 Å². The molecule has 1 aromatic carbocycles. The van der Waals surface area contributed by atoms with Crippen molar-refractivity contribution in [2.75, 3.05) is 5.32 Å². The fourth-order valence-corrected chi connectivity index (χ4v) is 3.38. The summed E-state index contributed by atoms with van der Waals surface area (Å²) >= 11 is 6.29. The van der Waals surface area contributed by atoms with Gasteiger partial charge >= 0.3 is 0 Å². The molecule has 4 rings (SSSR count). The number of carbonyl (C=O) groups is 2. The van der Waals surface area contributed by atoms with Gasteiger partial charge in [-0.3, -0.25) is 14.3 Å². The summed E-state index contributed by atoms with van der Waals surface area (Å²) in [4.78, 5) is 25.1. The first kappa shape index (κ1) is 19.0. The van der Waals surface area contributed by atoms with E-state index in [0.717, 1.165) is 31.4 Å². The number of rotatable bonds is 5. The van der Waals surface area contributed by atoms with E-state index in [0.29, 0.717) is 27.9 Å². The zero-order valence-electron chi connectivity index (χ0n) is 16.4. The van der Waals surface area contributed by atoms with E-state index in [1.807, 2.05) is 26.8 Å². The van der Waals surface area contributed by atoms with Crippen molar-refractivity contribution < 1.29 is 9.59 Å². The second kappa shape index (κ2) is 6.92. The highest BCUT2D eigenvalue weighted by Gasteiger charge is 2.31. The summed E-state index contributed by atoms with van der Waals surface area (Å²) in [6, 6.07) is 7.11. The van der Waals surface area contributed by atoms with Crippen LogP contribution in [0.1, 0.15) is 78.9 Å². The third-order valence-electron chi connectivity index (χ3n) is 4.98. The monoisotopic (exact) mass is 400 g/mol. The van der Waals surface area contributed by atoms with Crippen LogP contribution in [0, 0.1) is 0 Å². The Labute approximate surface area is 169 Å². The van der Waals surface area contributed by atoms with Crippen LogP contribution in [0.4, 0.5) is 5.69 Å². The van der Waals surface area contributed by atoms with Gasteiger partial charge in [-0.1, -0.05) is 11.6 Å². The average Bonchev–Trinajstić information content (AvgIpc) is 3.54. The number of nitrogens with one attached hydrogen (secondary N) is 2. The molecule has 2 N–H and O–H groups in total. The Kier molecular flexibility index (Phi) is 4.70. The van der Waals surface area contributed by atoms with Crippen LogP contribution in [0.5, 0.6) is 0 Å². The highest BCUT2D eigenvalue weighted by atomic mass is 35.5. The van der Waals surface area contributed by atoms with Crippen LogP contribution in [0.15, 0.2) is 24.3 Å². The van der Waals surface area contributed by atoms with Crippen LogP contribution in [0.25, 0.3) is 0 Å². The van der Waals surface area contributed by atoms with Gasteiger partial charge in [0.15, 0.2) is 0 Å². The predicted molar refractivity (Wildman–Crippen MR) is 109 cm³/mol. The van der Waals surface area contributed by atoms with Gasteiger partial charge in [0.2, 0.25) is 0 Å². The SMILES string of the molecule is CC(C)(C)n1nc(C2CC2)cc1C(=O)Nc1ccc(C(=O)NC2CC2)c(Cl)c1. The molecule has 0 unspecified atom stereocenters. The normalized spacial score (nSPS) is 16.7. The third-order valence-corrected chi connectivity index (χ3v) is 5.29. The molecule has 2 fully saturated rings. The van der Waals surface area contributed by atoms with Crippen molar-refractivity contribution in [3.63, 3.8) is 0 Å². The Bertz CT molecular complexity index is 936. The molecule has 2 aliphatic rings. The van der Waals surface area contributed by atoms with Gasteiger partial charge in [-0.25, -0.2) is 0 Å². The summed E-state index contributed by atoms with van der Waals surface area (Å²) in [5.74, 6) is 0.0553. The lowest BCUT2D eigenvalue weighted by atomic mass is 10.1. The predicted octanol–water partition coefficient (Wildman–Crippen LogP) is 4.31. The summed E-state index contributed by atoms with van der Waals surface area (Å²) < 4.78 is 1.79. The molecule has 7 heteroatoms. The number of amides is 2. The van der Waals surface area contributed by atoms with Crippen LogP contribution in [-0.2, 0) is 5.54 Å². The lowest BCUT2D eigenvalue weighted by Gasteiger charge is -2.22. The smallest absolute Gasteiger partial charge is 0.273 e. The maximum absolute atomic E-state index is 12.9. The molecule has 0 bridgehead atoms. The second-order valence-electron chi connectivity index (χ2n) is 8.71. The highest BCUT2D eigenvalue weighted by molar-refractivity contribution is 6.34. The van der Waals surface area contributed by atoms with Gasteiger partial charge in [0.1, 0.15) is 5.69 Å². The first-order chi connectivity index (χ1) is 13.2. The van der Waals surface area contributed by atoms with Crippen LogP contribution in [0.3, 0.4) is 0 Å². The molecule has 0 radical (unpaired) electrons. The molecular weight excluding hydrogens is 376 g/mol. The van der Waals surface area contributed by atoms with Crippen LogP contribution >= 0.6 is 11.6 Å². The molecule has 2 aromatic rings. The van der Waals surface area contributed by atoms with Gasteiger partial charge < -0.3 is 10.6 Å². The van der Waals surface area contributed by atoms with E-state index >= 15 is 0 Å². The van der Waals surface area contributed by atoms with Crippen molar-refractivity contribution in [3.8, 4) is 0 Å². The van der Waals surface area contributed by atoms with Gasteiger partial charge in [0.25, 0.3) is 11.8 Å². The molecule has 148 valence electrons. The molecule has 2 amide bonds. The number of halogens is 1. The summed E-state index contributed by atoms with van der Waals surface area (Å²) in [6.07, 6.45) is 4.29. The zero-order chi connectivity index (χ0) is 20.1. The number of benzene rings is 1. The maximum atomic E-state index is 12.9. The lowest BCUT2D eigenvalue weighted by molar-refractivity contribution is 0.0950. The van der Waals surface area contributed by atoms with Gasteiger partial charge in [0.05, 0.1) is 21.8 Å². The van der Waals surface area contributed by atoms with E-state index in [2.05, 4.69) is 15.7 Å². The summed E-state index contributed by atoms with van der Waals surface area (Å²) in [5.41, 5.74) is 2.17. The molecule has 28 heavy (non-hydrogen) atoms. The molecule has 1 heterocycles. The number of hydrogen-bond donors (Lipinski definition) is 2. The van der Waals surface area contributed by atoms with Crippen molar-refractivity contribution >= 4 is 29.1 Å². The van der Waals surface area contributed by atoms with E-state index in [4.69, 9.17) is 11.6 Å². The van der Waals surface area contributed by atoms with E-state index in [-0.39, 0.29) is 23.4 Å². The van der Waals surface area contributed by atoms with Crippen molar-refractivity contribution in [2.24, 2.45) is 0 Å².